The van der Waals surface area contributed by atoms with Crippen LogP contribution >= 0.6 is 35.0 Å². The fraction of sp³-hybridized carbons (Fsp3) is 0.133. The average Bonchev–Trinajstić information content (AvgIpc) is 2.88. The third-order valence-corrected chi connectivity index (χ3v) is 4.64. The molecule has 8 heteroatoms. The third-order valence-electron chi connectivity index (χ3n) is 3.33. The van der Waals surface area contributed by atoms with Gasteiger partial charge in [0, 0.05) is 10.3 Å². The summed E-state index contributed by atoms with van der Waals surface area (Å²) in [6.07, 6.45) is -0.965. The van der Waals surface area contributed by atoms with Gasteiger partial charge in [-0.15, -0.1) is 11.8 Å². The minimum atomic E-state index is -4.51. The SMILES string of the molecule is CSc1ccc2cnn(-c3c(Cl)cc(C(F)(F)F)cc3Cl)c2c1. The molecule has 120 valence electrons. The molecule has 0 bridgehead atoms. The molecule has 0 saturated carbocycles. The summed E-state index contributed by atoms with van der Waals surface area (Å²) in [6.45, 7) is 0. The molecular formula is C15H9Cl2F3N2S. The van der Waals surface area contributed by atoms with E-state index in [-0.39, 0.29) is 15.7 Å². The third kappa shape index (κ3) is 3.03. The lowest BCUT2D eigenvalue weighted by Crippen LogP contribution is -2.07. The fourth-order valence-electron chi connectivity index (χ4n) is 2.23. The Bertz CT molecular complexity index is 867. The summed E-state index contributed by atoms with van der Waals surface area (Å²) in [4.78, 5) is 0.999. The van der Waals surface area contributed by atoms with Crippen molar-refractivity contribution in [2.45, 2.75) is 11.1 Å². The van der Waals surface area contributed by atoms with Crippen molar-refractivity contribution in [1.29, 1.82) is 0 Å². The molecule has 0 radical (unpaired) electrons. The second-order valence-corrected chi connectivity index (χ2v) is 6.46. The summed E-state index contributed by atoms with van der Waals surface area (Å²) in [7, 11) is 0. The van der Waals surface area contributed by atoms with Gasteiger partial charge < -0.3 is 0 Å². The van der Waals surface area contributed by atoms with Gasteiger partial charge in [0.2, 0.25) is 0 Å². The number of hydrogen-bond donors (Lipinski definition) is 0. The van der Waals surface area contributed by atoms with E-state index < -0.39 is 11.7 Å². The van der Waals surface area contributed by atoms with Gasteiger partial charge in [-0.1, -0.05) is 29.3 Å². The highest BCUT2D eigenvalue weighted by molar-refractivity contribution is 7.98. The molecule has 0 aliphatic heterocycles. The molecule has 0 aliphatic rings. The highest BCUT2D eigenvalue weighted by Gasteiger charge is 2.32. The largest absolute Gasteiger partial charge is 0.416 e. The quantitative estimate of drug-likeness (QED) is 0.504. The predicted octanol–water partition coefficient (Wildman–Crippen LogP) is 6.07. The van der Waals surface area contributed by atoms with Crippen LogP contribution in [0.5, 0.6) is 0 Å². The van der Waals surface area contributed by atoms with Gasteiger partial charge in [-0.05, 0) is 30.5 Å². The molecule has 0 unspecified atom stereocenters. The number of benzene rings is 2. The van der Waals surface area contributed by atoms with Crippen molar-refractivity contribution in [2.75, 3.05) is 6.26 Å². The van der Waals surface area contributed by atoms with Gasteiger partial charge in [-0.2, -0.15) is 18.3 Å². The van der Waals surface area contributed by atoms with Crippen molar-refractivity contribution in [2.24, 2.45) is 0 Å². The molecule has 0 amide bonds. The number of aromatic nitrogens is 2. The Balaban J connectivity index is 2.23. The Morgan fingerprint density at radius 3 is 2.30 bits per heavy atom. The summed E-state index contributed by atoms with van der Waals surface area (Å²) < 4.78 is 40.0. The van der Waals surface area contributed by atoms with Crippen LogP contribution in [0.15, 0.2) is 41.4 Å². The number of fused-ring (bicyclic) bond motifs is 1. The first kappa shape index (κ1) is 16.5. The second kappa shape index (κ2) is 5.92. The first-order valence-corrected chi connectivity index (χ1v) is 8.37. The van der Waals surface area contributed by atoms with Crippen LogP contribution in [-0.2, 0) is 6.18 Å². The first-order chi connectivity index (χ1) is 10.8. The van der Waals surface area contributed by atoms with Gasteiger partial charge in [0.25, 0.3) is 0 Å². The highest BCUT2D eigenvalue weighted by Crippen LogP contribution is 2.38. The number of halogens is 5. The standard InChI is InChI=1S/C15H9Cl2F3N2S/c1-23-10-3-2-8-7-21-22(13(8)6-10)14-11(16)4-9(5-12(14)17)15(18,19)20/h2-7H,1H3. The molecule has 0 fully saturated rings. The molecule has 3 rings (SSSR count). The zero-order chi connectivity index (χ0) is 16.8. The zero-order valence-corrected chi connectivity index (χ0v) is 14.0. The smallest absolute Gasteiger partial charge is 0.230 e. The van der Waals surface area contributed by atoms with Crippen LogP contribution in [0.25, 0.3) is 16.6 Å². The van der Waals surface area contributed by atoms with E-state index in [2.05, 4.69) is 5.10 Å². The highest BCUT2D eigenvalue weighted by atomic mass is 35.5. The zero-order valence-electron chi connectivity index (χ0n) is 11.7. The normalized spacial score (nSPS) is 12.1. The average molecular weight is 377 g/mol. The van der Waals surface area contributed by atoms with Crippen LogP contribution in [0.3, 0.4) is 0 Å². The molecule has 0 N–H and O–H groups in total. The maximum Gasteiger partial charge on any atom is 0.416 e. The number of alkyl halides is 3. The van der Waals surface area contributed by atoms with Crippen molar-refractivity contribution in [3.63, 3.8) is 0 Å². The molecule has 0 saturated heterocycles. The monoisotopic (exact) mass is 376 g/mol. The molecule has 2 aromatic carbocycles. The molecule has 0 atom stereocenters. The van der Waals surface area contributed by atoms with Crippen LogP contribution in [-0.4, -0.2) is 16.0 Å². The number of hydrogen-bond acceptors (Lipinski definition) is 2. The van der Waals surface area contributed by atoms with Gasteiger partial charge in [-0.3, -0.25) is 0 Å². The lowest BCUT2D eigenvalue weighted by atomic mass is 10.2. The molecule has 1 heterocycles. The van der Waals surface area contributed by atoms with Crippen LogP contribution in [0, 0.1) is 0 Å². The maximum absolute atomic E-state index is 12.8. The Kier molecular flexibility index (Phi) is 4.25. The van der Waals surface area contributed by atoms with Gasteiger partial charge >= 0.3 is 6.18 Å². The van der Waals surface area contributed by atoms with E-state index in [0.29, 0.717) is 0 Å². The van der Waals surface area contributed by atoms with E-state index in [1.807, 2.05) is 24.5 Å². The lowest BCUT2D eigenvalue weighted by Gasteiger charge is -2.13. The van der Waals surface area contributed by atoms with Crippen LogP contribution in [0.1, 0.15) is 5.56 Å². The molecule has 0 aliphatic carbocycles. The van der Waals surface area contributed by atoms with E-state index in [4.69, 9.17) is 23.2 Å². The minimum absolute atomic E-state index is 0.107. The Hall–Kier alpha value is -1.37. The number of rotatable bonds is 2. The van der Waals surface area contributed by atoms with Gasteiger partial charge in [0.1, 0.15) is 5.69 Å². The van der Waals surface area contributed by atoms with Crippen molar-refractivity contribution >= 4 is 45.9 Å². The van der Waals surface area contributed by atoms with Crippen molar-refractivity contribution in [3.05, 3.63) is 52.1 Å². The van der Waals surface area contributed by atoms with Crippen LogP contribution in [0.4, 0.5) is 13.2 Å². The summed E-state index contributed by atoms with van der Waals surface area (Å²) in [5.41, 5.74) is 0.0625. The number of nitrogens with zero attached hydrogens (tertiary/aromatic N) is 2. The van der Waals surface area contributed by atoms with Crippen LogP contribution in [0.2, 0.25) is 10.0 Å². The summed E-state index contributed by atoms with van der Waals surface area (Å²) in [5, 5.41) is 4.84. The van der Waals surface area contributed by atoms with E-state index >= 15 is 0 Å². The number of thioether (sulfide) groups is 1. The molecule has 1 aromatic heterocycles. The first-order valence-electron chi connectivity index (χ1n) is 6.39. The predicted molar refractivity (Wildman–Crippen MR) is 87.9 cm³/mol. The van der Waals surface area contributed by atoms with E-state index in [9.17, 15) is 13.2 Å². The van der Waals surface area contributed by atoms with Crippen molar-refractivity contribution < 1.29 is 13.2 Å². The Morgan fingerprint density at radius 2 is 1.74 bits per heavy atom. The van der Waals surface area contributed by atoms with Gasteiger partial charge in [0.15, 0.2) is 0 Å². The molecule has 23 heavy (non-hydrogen) atoms. The summed E-state index contributed by atoms with van der Waals surface area (Å²) in [6, 6.07) is 7.42. The minimum Gasteiger partial charge on any atom is -0.230 e. The van der Waals surface area contributed by atoms with Crippen molar-refractivity contribution in [1.82, 2.24) is 9.78 Å². The van der Waals surface area contributed by atoms with Gasteiger partial charge in [-0.25, -0.2) is 4.68 Å². The van der Waals surface area contributed by atoms with E-state index in [1.165, 1.54) is 4.68 Å². The van der Waals surface area contributed by atoms with E-state index in [0.717, 1.165) is 27.9 Å². The lowest BCUT2D eigenvalue weighted by molar-refractivity contribution is -0.137. The molecule has 3 aromatic rings. The summed E-state index contributed by atoms with van der Waals surface area (Å²) in [5.74, 6) is 0. The van der Waals surface area contributed by atoms with Crippen molar-refractivity contribution in [3.8, 4) is 5.69 Å². The van der Waals surface area contributed by atoms with Crippen LogP contribution < -0.4 is 0 Å². The van der Waals surface area contributed by atoms with E-state index in [1.54, 1.807) is 18.0 Å². The Labute approximate surface area is 144 Å². The maximum atomic E-state index is 12.8. The Morgan fingerprint density at radius 1 is 1.09 bits per heavy atom. The second-order valence-electron chi connectivity index (χ2n) is 4.77. The molecular weight excluding hydrogens is 368 g/mol. The summed E-state index contributed by atoms with van der Waals surface area (Å²) >= 11 is 13.7. The fourth-order valence-corrected chi connectivity index (χ4v) is 3.32. The molecule has 0 spiro atoms. The van der Waals surface area contributed by atoms with Gasteiger partial charge in [0.05, 0.1) is 27.3 Å². The molecule has 2 nitrogen and oxygen atoms in total. The topological polar surface area (TPSA) is 17.8 Å².